The van der Waals surface area contributed by atoms with Crippen LogP contribution in [0.2, 0.25) is 0 Å². The van der Waals surface area contributed by atoms with E-state index in [9.17, 15) is 4.79 Å². The van der Waals surface area contributed by atoms with Crippen molar-refractivity contribution in [2.45, 2.75) is 12.5 Å². The van der Waals surface area contributed by atoms with E-state index in [1.807, 2.05) is 4.90 Å². The number of hydrogen-bond acceptors (Lipinski definition) is 2. The maximum absolute atomic E-state index is 11.1. The molecule has 3 fully saturated rings. The third-order valence-electron chi connectivity index (χ3n) is 3.49. The molecule has 0 aromatic heterocycles. The van der Waals surface area contributed by atoms with Crippen molar-refractivity contribution in [1.82, 2.24) is 4.90 Å². The molecule has 0 N–H and O–H groups in total. The van der Waals surface area contributed by atoms with Gasteiger partial charge in [-0.2, -0.15) is 0 Å². The van der Waals surface area contributed by atoms with Crippen molar-refractivity contribution in [2.24, 2.45) is 17.8 Å². The summed E-state index contributed by atoms with van der Waals surface area (Å²) in [5.41, 5.74) is 0. The molecule has 1 saturated heterocycles. The molecule has 0 aromatic rings. The van der Waals surface area contributed by atoms with Crippen LogP contribution in [0.4, 0.5) is 4.79 Å². The molecule has 4 unspecified atom stereocenters. The molecule has 0 radical (unpaired) electrons. The number of amides is 1. The van der Waals surface area contributed by atoms with Gasteiger partial charge in [-0.3, -0.25) is 0 Å². The van der Waals surface area contributed by atoms with Crippen molar-refractivity contribution in [3.63, 3.8) is 0 Å². The number of hydrogen-bond donors (Lipinski definition) is 0. The summed E-state index contributed by atoms with van der Waals surface area (Å²) in [5, 5.41) is 0. The van der Waals surface area contributed by atoms with Crippen LogP contribution in [0.15, 0.2) is 0 Å². The van der Waals surface area contributed by atoms with Gasteiger partial charge in [0.05, 0.1) is 7.11 Å². The highest BCUT2D eigenvalue weighted by Gasteiger charge is 2.69. The number of nitrogens with zero attached hydrogens (tertiary/aromatic N) is 1. The van der Waals surface area contributed by atoms with Gasteiger partial charge in [0.25, 0.3) is 0 Å². The molecule has 11 heavy (non-hydrogen) atoms. The van der Waals surface area contributed by atoms with Gasteiger partial charge >= 0.3 is 6.09 Å². The molecule has 0 aromatic carbocycles. The minimum Gasteiger partial charge on any atom is -0.453 e. The fourth-order valence-corrected chi connectivity index (χ4v) is 2.78. The number of carbonyl (C=O) groups excluding carboxylic acids is 1. The summed E-state index contributed by atoms with van der Waals surface area (Å²) in [7, 11) is 1.46. The van der Waals surface area contributed by atoms with E-state index >= 15 is 0 Å². The van der Waals surface area contributed by atoms with Gasteiger partial charge in [0.2, 0.25) is 0 Å². The average Bonchev–Trinajstić information content (AvgIpc) is 2.62. The highest BCUT2D eigenvalue weighted by molar-refractivity contribution is 5.70. The van der Waals surface area contributed by atoms with Crippen molar-refractivity contribution in [3.05, 3.63) is 0 Å². The fourth-order valence-electron chi connectivity index (χ4n) is 2.78. The van der Waals surface area contributed by atoms with E-state index in [-0.39, 0.29) is 6.09 Å². The Kier molecular flexibility index (Phi) is 0.822. The molecule has 4 atom stereocenters. The summed E-state index contributed by atoms with van der Waals surface area (Å²) in [6, 6.07) is 0.576. The van der Waals surface area contributed by atoms with Gasteiger partial charge in [0.1, 0.15) is 0 Å². The molecule has 0 bridgehead atoms. The maximum atomic E-state index is 11.1. The highest BCUT2D eigenvalue weighted by atomic mass is 16.5. The van der Waals surface area contributed by atoms with E-state index in [1.165, 1.54) is 13.5 Å². The van der Waals surface area contributed by atoms with Crippen LogP contribution in [-0.2, 0) is 4.74 Å². The zero-order chi connectivity index (χ0) is 7.59. The largest absolute Gasteiger partial charge is 0.453 e. The first-order chi connectivity index (χ1) is 5.33. The number of carbonyl (C=O) groups is 1. The average molecular weight is 153 g/mol. The quantitative estimate of drug-likeness (QED) is 0.512. The predicted molar refractivity (Wildman–Crippen MR) is 38.0 cm³/mol. The molecule has 2 aliphatic carbocycles. The second-order valence-corrected chi connectivity index (χ2v) is 3.84. The Labute approximate surface area is 65.3 Å². The number of methoxy groups -OCH3 is 1. The molecule has 3 nitrogen and oxygen atoms in total. The van der Waals surface area contributed by atoms with Crippen LogP contribution in [-0.4, -0.2) is 30.7 Å². The van der Waals surface area contributed by atoms with Crippen molar-refractivity contribution in [3.8, 4) is 0 Å². The van der Waals surface area contributed by atoms with Crippen LogP contribution in [0.5, 0.6) is 0 Å². The summed E-state index contributed by atoms with van der Waals surface area (Å²) < 4.78 is 4.66. The van der Waals surface area contributed by atoms with E-state index in [4.69, 9.17) is 0 Å². The zero-order valence-electron chi connectivity index (χ0n) is 6.49. The van der Waals surface area contributed by atoms with Crippen molar-refractivity contribution in [1.29, 1.82) is 0 Å². The lowest BCUT2D eigenvalue weighted by molar-refractivity contribution is -0.0553. The Balaban J connectivity index is 1.71. The second-order valence-electron chi connectivity index (χ2n) is 3.84. The molecule has 2 saturated carbocycles. The Bertz CT molecular complexity index is 228. The van der Waals surface area contributed by atoms with Gasteiger partial charge in [0, 0.05) is 18.5 Å². The Hall–Kier alpha value is -0.730. The normalized spacial score (nSPS) is 49.7. The van der Waals surface area contributed by atoms with Gasteiger partial charge in [-0.15, -0.1) is 0 Å². The van der Waals surface area contributed by atoms with E-state index in [0.717, 1.165) is 24.3 Å². The van der Waals surface area contributed by atoms with Crippen molar-refractivity contribution in [2.75, 3.05) is 13.7 Å². The molecule has 60 valence electrons. The third kappa shape index (κ3) is 0.501. The Morgan fingerprint density at radius 3 is 2.91 bits per heavy atom. The first kappa shape index (κ1) is 5.86. The Morgan fingerprint density at radius 1 is 1.45 bits per heavy atom. The lowest BCUT2D eigenvalue weighted by Gasteiger charge is -2.54. The van der Waals surface area contributed by atoms with Gasteiger partial charge < -0.3 is 9.64 Å². The van der Waals surface area contributed by atoms with E-state index in [2.05, 4.69) is 4.74 Å². The molecule has 1 aliphatic heterocycles. The van der Waals surface area contributed by atoms with Crippen LogP contribution >= 0.6 is 0 Å². The topological polar surface area (TPSA) is 29.5 Å². The second kappa shape index (κ2) is 1.54. The monoisotopic (exact) mass is 153 g/mol. The summed E-state index contributed by atoms with van der Waals surface area (Å²) in [6.07, 6.45) is 1.24. The fraction of sp³-hybridized carbons (Fsp3) is 0.875. The van der Waals surface area contributed by atoms with Crippen LogP contribution < -0.4 is 0 Å². The molecule has 0 spiro atoms. The minimum atomic E-state index is -0.128. The third-order valence-corrected chi connectivity index (χ3v) is 3.49. The van der Waals surface area contributed by atoms with E-state index in [0.29, 0.717) is 6.04 Å². The molecule has 1 heterocycles. The van der Waals surface area contributed by atoms with Gasteiger partial charge in [-0.05, 0) is 18.3 Å². The van der Waals surface area contributed by atoms with E-state index in [1.54, 1.807) is 0 Å². The molecule has 3 aliphatic rings. The van der Waals surface area contributed by atoms with Crippen LogP contribution in [0.25, 0.3) is 0 Å². The molecule has 1 amide bonds. The summed E-state index contributed by atoms with van der Waals surface area (Å²) in [5.74, 6) is 2.69. The number of fused-ring (bicyclic) bond motifs is 4. The summed E-state index contributed by atoms with van der Waals surface area (Å²) >= 11 is 0. The SMILES string of the molecule is COC(=O)N1CC2C3CC3C21. The molecule has 3 rings (SSSR count). The highest BCUT2D eigenvalue weighted by Crippen LogP contribution is 2.66. The maximum Gasteiger partial charge on any atom is 0.409 e. The first-order valence-corrected chi connectivity index (χ1v) is 4.17. The zero-order valence-corrected chi connectivity index (χ0v) is 6.49. The lowest BCUT2D eigenvalue weighted by atomic mass is 9.71. The standard InChI is InChI=1S/C8H11NO2/c1-11-8(10)9-3-6-4-2-5(4)7(6)9/h4-7H,2-3H2,1H3. The Morgan fingerprint density at radius 2 is 2.27 bits per heavy atom. The van der Waals surface area contributed by atoms with E-state index < -0.39 is 0 Å². The number of rotatable bonds is 0. The summed E-state index contributed by atoms with van der Waals surface area (Å²) in [4.78, 5) is 12.9. The lowest BCUT2D eigenvalue weighted by Crippen LogP contribution is -2.65. The van der Waals surface area contributed by atoms with Gasteiger partial charge in [0.15, 0.2) is 0 Å². The van der Waals surface area contributed by atoms with Crippen LogP contribution in [0.1, 0.15) is 6.42 Å². The number of piperidine rings is 1. The van der Waals surface area contributed by atoms with Gasteiger partial charge in [-0.25, -0.2) is 4.79 Å². The number of likely N-dealkylation sites (tertiary alicyclic amines) is 1. The van der Waals surface area contributed by atoms with Crippen molar-refractivity contribution < 1.29 is 9.53 Å². The molecular weight excluding hydrogens is 142 g/mol. The summed E-state index contributed by atoms with van der Waals surface area (Å²) in [6.45, 7) is 0.957. The minimum absolute atomic E-state index is 0.128. The smallest absolute Gasteiger partial charge is 0.409 e. The van der Waals surface area contributed by atoms with Crippen molar-refractivity contribution >= 4 is 6.09 Å². The predicted octanol–water partition coefficient (Wildman–Crippen LogP) is 0.703. The first-order valence-electron chi connectivity index (χ1n) is 4.17. The van der Waals surface area contributed by atoms with Crippen LogP contribution in [0.3, 0.4) is 0 Å². The van der Waals surface area contributed by atoms with Gasteiger partial charge in [-0.1, -0.05) is 0 Å². The van der Waals surface area contributed by atoms with Crippen LogP contribution in [0, 0.1) is 17.8 Å². The number of ether oxygens (including phenoxy) is 1. The molecular formula is C8H11NO2. The molecule has 3 heteroatoms.